The molecule has 1 rings (SSSR count). The number of aliphatic hydroxyl groups excluding tert-OH is 1. The minimum atomic E-state index is -0.498. The van der Waals surface area contributed by atoms with Crippen molar-refractivity contribution in [3.8, 4) is 0 Å². The maximum atomic E-state index is 9.46. The van der Waals surface area contributed by atoms with Crippen molar-refractivity contribution < 1.29 is 5.11 Å². The summed E-state index contributed by atoms with van der Waals surface area (Å²) in [5, 5.41) is 9.46. The maximum Gasteiger partial charge on any atom is 0.0704 e. The molecule has 0 saturated heterocycles. The van der Waals surface area contributed by atoms with Gasteiger partial charge in [0, 0.05) is 0 Å². The zero-order valence-electron chi connectivity index (χ0n) is 9.12. The number of hydrogen-bond acceptors (Lipinski definition) is 2. The molecule has 0 spiro atoms. The first-order valence-electron chi connectivity index (χ1n) is 5.10. The summed E-state index contributed by atoms with van der Waals surface area (Å²) < 4.78 is 0. The van der Waals surface area contributed by atoms with Crippen LogP contribution in [0, 0.1) is 6.92 Å². The van der Waals surface area contributed by atoms with Crippen LogP contribution in [0.3, 0.4) is 0 Å². The van der Waals surface area contributed by atoms with E-state index in [0.29, 0.717) is 0 Å². The molecular formula is C12H19NO. The number of nitrogens with two attached hydrogens (primary N) is 1. The van der Waals surface area contributed by atoms with Crippen molar-refractivity contribution in [2.75, 3.05) is 0 Å². The van der Waals surface area contributed by atoms with Crippen LogP contribution in [-0.2, 0) is 6.42 Å². The van der Waals surface area contributed by atoms with Crippen molar-refractivity contribution in [3.05, 3.63) is 34.9 Å². The van der Waals surface area contributed by atoms with E-state index in [0.717, 1.165) is 12.0 Å². The lowest BCUT2D eigenvalue weighted by molar-refractivity contribution is 0.164. The Hall–Kier alpha value is -0.860. The lowest BCUT2D eigenvalue weighted by atomic mass is 9.93. The molecule has 2 nitrogen and oxygen atoms in total. The Balaban J connectivity index is 3.13. The van der Waals surface area contributed by atoms with E-state index in [-0.39, 0.29) is 6.04 Å². The first-order chi connectivity index (χ1) is 6.57. The number of aryl methyl sites for hydroxylation is 1. The van der Waals surface area contributed by atoms with Gasteiger partial charge in [0.15, 0.2) is 0 Å². The standard InChI is InChI=1S/C12H19NO/c1-4-10-8(2)6-5-7-11(10)12(13)9(3)14/h5-7,9,12,14H,4,13H2,1-3H3. The van der Waals surface area contributed by atoms with Gasteiger partial charge < -0.3 is 10.8 Å². The van der Waals surface area contributed by atoms with Crippen molar-refractivity contribution in [3.63, 3.8) is 0 Å². The van der Waals surface area contributed by atoms with Crippen molar-refractivity contribution in [1.29, 1.82) is 0 Å². The first-order valence-corrected chi connectivity index (χ1v) is 5.10. The zero-order valence-corrected chi connectivity index (χ0v) is 9.12. The largest absolute Gasteiger partial charge is 0.391 e. The summed E-state index contributed by atoms with van der Waals surface area (Å²) in [5.74, 6) is 0. The van der Waals surface area contributed by atoms with Crippen LogP contribution in [0.4, 0.5) is 0 Å². The Morgan fingerprint density at radius 3 is 2.57 bits per heavy atom. The Bertz CT molecular complexity index is 307. The monoisotopic (exact) mass is 193 g/mol. The minimum absolute atomic E-state index is 0.273. The molecule has 2 unspecified atom stereocenters. The Kier molecular flexibility index (Phi) is 3.67. The lowest BCUT2D eigenvalue weighted by Crippen LogP contribution is -2.24. The summed E-state index contributed by atoms with van der Waals surface area (Å²) in [4.78, 5) is 0. The van der Waals surface area contributed by atoms with Gasteiger partial charge in [0.25, 0.3) is 0 Å². The summed E-state index contributed by atoms with van der Waals surface area (Å²) in [6, 6.07) is 5.80. The third kappa shape index (κ3) is 2.14. The average molecular weight is 193 g/mol. The molecule has 0 aliphatic rings. The third-order valence-electron chi connectivity index (χ3n) is 2.68. The van der Waals surface area contributed by atoms with Gasteiger partial charge in [-0.05, 0) is 37.0 Å². The molecule has 0 heterocycles. The van der Waals surface area contributed by atoms with Crippen molar-refractivity contribution >= 4 is 0 Å². The Morgan fingerprint density at radius 1 is 1.43 bits per heavy atom. The van der Waals surface area contributed by atoms with Crippen LogP contribution in [0.25, 0.3) is 0 Å². The van der Waals surface area contributed by atoms with Gasteiger partial charge in [-0.25, -0.2) is 0 Å². The van der Waals surface area contributed by atoms with Crippen molar-refractivity contribution in [2.24, 2.45) is 5.73 Å². The number of rotatable bonds is 3. The van der Waals surface area contributed by atoms with Crippen molar-refractivity contribution in [1.82, 2.24) is 0 Å². The fourth-order valence-corrected chi connectivity index (χ4v) is 1.78. The molecule has 2 atom stereocenters. The summed E-state index contributed by atoms with van der Waals surface area (Å²) in [6.45, 7) is 5.92. The Labute approximate surface area is 85.8 Å². The molecule has 0 aliphatic carbocycles. The van der Waals surface area contributed by atoms with E-state index in [2.05, 4.69) is 19.9 Å². The highest BCUT2D eigenvalue weighted by atomic mass is 16.3. The number of aliphatic hydroxyl groups is 1. The molecule has 0 fully saturated rings. The molecule has 3 N–H and O–H groups in total. The van der Waals surface area contributed by atoms with Crippen LogP contribution in [0.1, 0.15) is 36.6 Å². The summed E-state index contributed by atoms with van der Waals surface area (Å²) in [5.41, 5.74) is 9.52. The molecular weight excluding hydrogens is 174 g/mol. The lowest BCUT2D eigenvalue weighted by Gasteiger charge is -2.19. The smallest absolute Gasteiger partial charge is 0.0704 e. The van der Waals surface area contributed by atoms with E-state index in [9.17, 15) is 5.11 Å². The highest BCUT2D eigenvalue weighted by Crippen LogP contribution is 2.22. The third-order valence-corrected chi connectivity index (χ3v) is 2.68. The SMILES string of the molecule is CCc1c(C)cccc1C(N)C(C)O. The molecule has 1 aromatic rings. The van der Waals surface area contributed by atoms with Gasteiger partial charge in [0.2, 0.25) is 0 Å². The van der Waals surface area contributed by atoms with Gasteiger partial charge in [-0.3, -0.25) is 0 Å². The van der Waals surface area contributed by atoms with E-state index >= 15 is 0 Å². The van der Waals surface area contributed by atoms with E-state index in [1.807, 2.05) is 12.1 Å². The van der Waals surface area contributed by atoms with Gasteiger partial charge in [-0.1, -0.05) is 25.1 Å². The molecule has 0 aromatic heterocycles. The quantitative estimate of drug-likeness (QED) is 0.770. The number of benzene rings is 1. The molecule has 2 heteroatoms. The predicted octanol–water partition coefficient (Wildman–Crippen LogP) is 1.94. The normalized spacial score (nSPS) is 15.2. The summed E-state index contributed by atoms with van der Waals surface area (Å²) in [7, 11) is 0. The van der Waals surface area contributed by atoms with Gasteiger partial charge in [-0.15, -0.1) is 0 Å². The molecule has 14 heavy (non-hydrogen) atoms. The van der Waals surface area contributed by atoms with E-state index in [1.54, 1.807) is 6.92 Å². The van der Waals surface area contributed by atoms with Crippen LogP contribution >= 0.6 is 0 Å². The van der Waals surface area contributed by atoms with Crippen LogP contribution in [0.15, 0.2) is 18.2 Å². The van der Waals surface area contributed by atoms with Crippen LogP contribution in [0.5, 0.6) is 0 Å². The topological polar surface area (TPSA) is 46.2 Å². The fourth-order valence-electron chi connectivity index (χ4n) is 1.78. The molecule has 0 aliphatic heterocycles. The Morgan fingerprint density at radius 2 is 2.07 bits per heavy atom. The van der Waals surface area contributed by atoms with E-state index in [1.165, 1.54) is 11.1 Å². The summed E-state index contributed by atoms with van der Waals surface area (Å²) in [6.07, 6.45) is 0.463. The summed E-state index contributed by atoms with van der Waals surface area (Å²) >= 11 is 0. The van der Waals surface area contributed by atoms with E-state index in [4.69, 9.17) is 5.73 Å². The second kappa shape index (κ2) is 4.58. The molecule has 0 saturated carbocycles. The maximum absolute atomic E-state index is 9.46. The second-order valence-electron chi connectivity index (χ2n) is 3.76. The molecule has 78 valence electrons. The van der Waals surface area contributed by atoms with Gasteiger partial charge >= 0.3 is 0 Å². The first kappa shape index (κ1) is 11.2. The average Bonchev–Trinajstić information content (AvgIpc) is 2.16. The van der Waals surface area contributed by atoms with E-state index < -0.39 is 6.10 Å². The van der Waals surface area contributed by atoms with Crippen LogP contribution < -0.4 is 5.73 Å². The minimum Gasteiger partial charge on any atom is -0.391 e. The van der Waals surface area contributed by atoms with Gasteiger partial charge in [-0.2, -0.15) is 0 Å². The second-order valence-corrected chi connectivity index (χ2v) is 3.76. The highest BCUT2D eigenvalue weighted by molar-refractivity contribution is 5.36. The molecule has 0 bridgehead atoms. The zero-order chi connectivity index (χ0) is 10.7. The fraction of sp³-hybridized carbons (Fsp3) is 0.500. The van der Waals surface area contributed by atoms with Crippen molar-refractivity contribution in [2.45, 2.75) is 39.3 Å². The number of hydrogen-bond donors (Lipinski definition) is 2. The van der Waals surface area contributed by atoms with Gasteiger partial charge in [0.1, 0.15) is 0 Å². The molecule has 1 aromatic carbocycles. The van der Waals surface area contributed by atoms with Crippen LogP contribution in [-0.4, -0.2) is 11.2 Å². The molecule has 0 amide bonds. The van der Waals surface area contributed by atoms with Crippen LogP contribution in [0.2, 0.25) is 0 Å². The molecule has 0 radical (unpaired) electrons. The predicted molar refractivity (Wildman–Crippen MR) is 59.2 cm³/mol. The highest BCUT2D eigenvalue weighted by Gasteiger charge is 2.15. The van der Waals surface area contributed by atoms with Gasteiger partial charge in [0.05, 0.1) is 12.1 Å².